The van der Waals surface area contributed by atoms with Crippen LogP contribution in [0.25, 0.3) is 0 Å². The maximum Gasteiger partial charge on any atom is 0.251 e. The first-order chi connectivity index (χ1) is 12.7. The minimum atomic E-state index is -0.0342. The molecular formula is C21H32N2O3. The summed E-state index contributed by atoms with van der Waals surface area (Å²) in [6.45, 7) is 3.28. The van der Waals surface area contributed by atoms with E-state index in [1.165, 1.54) is 19.3 Å². The Morgan fingerprint density at radius 1 is 1.23 bits per heavy atom. The van der Waals surface area contributed by atoms with Gasteiger partial charge < -0.3 is 20.1 Å². The molecule has 1 aromatic carbocycles. The van der Waals surface area contributed by atoms with Crippen LogP contribution in [0.2, 0.25) is 0 Å². The molecule has 0 unspecified atom stereocenters. The molecule has 0 atom stereocenters. The van der Waals surface area contributed by atoms with Gasteiger partial charge in [0.25, 0.3) is 5.91 Å². The van der Waals surface area contributed by atoms with Gasteiger partial charge in [0.05, 0.1) is 12.7 Å². The van der Waals surface area contributed by atoms with Crippen LogP contribution in [0, 0.1) is 5.41 Å². The summed E-state index contributed by atoms with van der Waals surface area (Å²) in [7, 11) is 1.73. The van der Waals surface area contributed by atoms with Gasteiger partial charge in [-0.2, -0.15) is 0 Å². The summed E-state index contributed by atoms with van der Waals surface area (Å²) in [5, 5.41) is 6.50. The number of carbonyl (C=O) groups is 1. The fourth-order valence-corrected chi connectivity index (χ4v) is 4.09. The van der Waals surface area contributed by atoms with E-state index in [9.17, 15) is 4.79 Å². The van der Waals surface area contributed by atoms with Crippen molar-refractivity contribution in [2.75, 3.05) is 33.4 Å². The van der Waals surface area contributed by atoms with E-state index in [1.807, 2.05) is 24.3 Å². The number of rotatable bonds is 7. The maximum absolute atomic E-state index is 12.7. The van der Waals surface area contributed by atoms with Crippen LogP contribution in [0.3, 0.4) is 0 Å². The minimum absolute atomic E-state index is 0.0336. The first kappa shape index (κ1) is 19.2. The fraction of sp³-hybridized carbons (Fsp3) is 0.667. The maximum atomic E-state index is 12.7. The van der Waals surface area contributed by atoms with Crippen molar-refractivity contribution >= 4 is 5.91 Å². The summed E-state index contributed by atoms with van der Waals surface area (Å²) in [6, 6.07) is 7.58. The Morgan fingerprint density at radius 2 is 2.00 bits per heavy atom. The highest BCUT2D eigenvalue weighted by molar-refractivity contribution is 5.94. The van der Waals surface area contributed by atoms with Crippen LogP contribution in [-0.4, -0.2) is 45.4 Å². The zero-order chi connectivity index (χ0) is 18.2. The van der Waals surface area contributed by atoms with E-state index in [-0.39, 0.29) is 11.3 Å². The SMILES string of the molecule is COCC1(CNC(=O)c2cccc(OC3CCCCC3)c2)CCNCC1. The summed E-state index contributed by atoms with van der Waals surface area (Å²) < 4.78 is 11.5. The summed E-state index contributed by atoms with van der Waals surface area (Å²) >= 11 is 0. The van der Waals surface area contributed by atoms with Gasteiger partial charge >= 0.3 is 0 Å². The van der Waals surface area contributed by atoms with Crippen molar-refractivity contribution in [2.24, 2.45) is 5.41 Å². The lowest BCUT2D eigenvalue weighted by molar-refractivity contribution is 0.0511. The van der Waals surface area contributed by atoms with Crippen molar-refractivity contribution in [3.63, 3.8) is 0 Å². The highest BCUT2D eigenvalue weighted by Gasteiger charge is 2.32. The van der Waals surface area contributed by atoms with Crippen LogP contribution in [-0.2, 0) is 4.74 Å². The second-order valence-corrected chi connectivity index (χ2v) is 7.77. The highest BCUT2D eigenvalue weighted by Crippen LogP contribution is 2.28. The van der Waals surface area contributed by atoms with Gasteiger partial charge in [0.15, 0.2) is 0 Å². The van der Waals surface area contributed by atoms with Crippen molar-refractivity contribution in [1.82, 2.24) is 10.6 Å². The second-order valence-electron chi connectivity index (χ2n) is 7.77. The number of methoxy groups -OCH3 is 1. The molecule has 2 fully saturated rings. The number of ether oxygens (including phenoxy) is 2. The number of piperidine rings is 1. The molecule has 1 saturated heterocycles. The molecule has 0 bridgehead atoms. The zero-order valence-corrected chi connectivity index (χ0v) is 15.9. The molecule has 1 aliphatic carbocycles. The number of hydrogen-bond acceptors (Lipinski definition) is 4. The van der Waals surface area contributed by atoms with Crippen LogP contribution in [0.5, 0.6) is 5.75 Å². The highest BCUT2D eigenvalue weighted by atomic mass is 16.5. The van der Waals surface area contributed by atoms with Gasteiger partial charge in [-0.1, -0.05) is 12.5 Å². The molecule has 1 saturated carbocycles. The van der Waals surface area contributed by atoms with Gasteiger partial charge in [-0.25, -0.2) is 0 Å². The molecule has 1 heterocycles. The van der Waals surface area contributed by atoms with E-state index < -0.39 is 0 Å². The Morgan fingerprint density at radius 3 is 2.73 bits per heavy atom. The first-order valence-electron chi connectivity index (χ1n) is 9.95. The zero-order valence-electron chi connectivity index (χ0n) is 15.9. The van der Waals surface area contributed by atoms with E-state index in [0.717, 1.165) is 44.5 Å². The molecule has 144 valence electrons. The average molecular weight is 360 g/mol. The topological polar surface area (TPSA) is 59.6 Å². The molecule has 1 aromatic rings. The Balaban J connectivity index is 1.57. The molecule has 1 amide bonds. The number of nitrogens with one attached hydrogen (secondary N) is 2. The van der Waals surface area contributed by atoms with Crippen LogP contribution < -0.4 is 15.4 Å². The molecule has 5 nitrogen and oxygen atoms in total. The van der Waals surface area contributed by atoms with Crippen molar-refractivity contribution in [1.29, 1.82) is 0 Å². The largest absolute Gasteiger partial charge is 0.490 e. The lowest BCUT2D eigenvalue weighted by Crippen LogP contribution is -2.47. The van der Waals surface area contributed by atoms with Crippen molar-refractivity contribution < 1.29 is 14.3 Å². The summed E-state index contributed by atoms with van der Waals surface area (Å²) in [4.78, 5) is 12.7. The van der Waals surface area contributed by atoms with Gasteiger partial charge in [-0.3, -0.25) is 4.79 Å². The van der Waals surface area contributed by atoms with E-state index in [0.29, 0.717) is 24.8 Å². The van der Waals surface area contributed by atoms with E-state index >= 15 is 0 Å². The van der Waals surface area contributed by atoms with Gasteiger partial charge in [0, 0.05) is 24.6 Å². The van der Waals surface area contributed by atoms with Crippen molar-refractivity contribution in [3.05, 3.63) is 29.8 Å². The van der Waals surface area contributed by atoms with Crippen LogP contribution in [0.1, 0.15) is 55.3 Å². The second kappa shape index (κ2) is 9.38. The molecule has 3 rings (SSSR count). The third kappa shape index (κ3) is 5.21. The summed E-state index contributed by atoms with van der Waals surface area (Å²) in [5.74, 6) is 0.770. The predicted octanol–water partition coefficient (Wildman–Crippen LogP) is 3.14. The Hall–Kier alpha value is -1.59. The van der Waals surface area contributed by atoms with E-state index in [4.69, 9.17) is 9.47 Å². The number of amides is 1. The van der Waals surface area contributed by atoms with Crippen LogP contribution in [0.4, 0.5) is 0 Å². The molecule has 0 aromatic heterocycles. The molecule has 26 heavy (non-hydrogen) atoms. The Bertz CT molecular complexity index is 573. The lowest BCUT2D eigenvalue weighted by atomic mass is 9.79. The monoisotopic (exact) mass is 360 g/mol. The number of carbonyl (C=O) groups excluding carboxylic acids is 1. The smallest absolute Gasteiger partial charge is 0.251 e. The Kier molecular flexibility index (Phi) is 6.92. The van der Waals surface area contributed by atoms with Gasteiger partial charge in [-0.15, -0.1) is 0 Å². The first-order valence-corrected chi connectivity index (χ1v) is 9.95. The average Bonchev–Trinajstić information content (AvgIpc) is 2.68. The summed E-state index contributed by atoms with van der Waals surface area (Å²) in [5.41, 5.74) is 0.700. The molecule has 1 aliphatic heterocycles. The quantitative estimate of drug-likeness (QED) is 0.784. The van der Waals surface area contributed by atoms with Crippen LogP contribution in [0.15, 0.2) is 24.3 Å². The van der Waals surface area contributed by atoms with Crippen LogP contribution >= 0.6 is 0 Å². The molecule has 0 radical (unpaired) electrons. The number of benzene rings is 1. The fourth-order valence-electron chi connectivity index (χ4n) is 4.09. The van der Waals surface area contributed by atoms with E-state index in [2.05, 4.69) is 10.6 Å². The van der Waals surface area contributed by atoms with Gasteiger partial charge in [0.1, 0.15) is 5.75 Å². The van der Waals surface area contributed by atoms with Crippen molar-refractivity contribution in [2.45, 2.75) is 51.0 Å². The van der Waals surface area contributed by atoms with Gasteiger partial charge in [0.2, 0.25) is 0 Å². The third-order valence-corrected chi connectivity index (χ3v) is 5.69. The number of hydrogen-bond donors (Lipinski definition) is 2. The lowest BCUT2D eigenvalue weighted by Gasteiger charge is -2.37. The molecule has 2 aliphatic rings. The van der Waals surface area contributed by atoms with E-state index in [1.54, 1.807) is 7.11 Å². The minimum Gasteiger partial charge on any atom is -0.490 e. The van der Waals surface area contributed by atoms with Crippen molar-refractivity contribution in [3.8, 4) is 5.75 Å². The summed E-state index contributed by atoms with van der Waals surface area (Å²) in [6.07, 6.45) is 8.34. The predicted molar refractivity (Wildman–Crippen MR) is 103 cm³/mol. The Labute approximate surface area is 156 Å². The standard InChI is InChI=1S/C21H32N2O3/c1-25-16-21(10-12-22-13-11-21)15-23-20(24)17-6-5-9-19(14-17)26-18-7-3-2-4-8-18/h5-6,9,14,18,22H,2-4,7-8,10-13,15-16H2,1H3,(H,23,24). The molecule has 5 heteroatoms. The molecule has 2 N–H and O–H groups in total. The molecular weight excluding hydrogens is 328 g/mol. The third-order valence-electron chi connectivity index (χ3n) is 5.69. The molecule has 0 spiro atoms. The normalized spacial score (nSPS) is 20.5. The van der Waals surface area contributed by atoms with Gasteiger partial charge in [-0.05, 0) is 69.8 Å².